The average molecular weight is 256 g/mol. The van der Waals surface area contributed by atoms with Crippen molar-refractivity contribution < 1.29 is 9.59 Å². The Morgan fingerprint density at radius 3 is 2.38 bits per heavy atom. The van der Waals surface area contributed by atoms with Crippen LogP contribution in [0.3, 0.4) is 0 Å². The maximum absolute atomic E-state index is 11.7. The monoisotopic (exact) mass is 255 g/mol. The van der Waals surface area contributed by atoms with Crippen LogP contribution in [0.15, 0.2) is 29.8 Å². The van der Waals surface area contributed by atoms with Crippen LogP contribution in [0, 0.1) is 0 Å². The Kier molecular flexibility index (Phi) is 2.74. The van der Waals surface area contributed by atoms with E-state index < -0.39 is 0 Å². The Morgan fingerprint density at radius 2 is 1.88 bits per heavy atom. The molecule has 1 aromatic rings. The van der Waals surface area contributed by atoms with Gasteiger partial charge in [0.2, 0.25) is 0 Å². The highest BCUT2D eigenvalue weighted by Gasteiger charge is 2.30. The molecular formula is C11H7Cl2NO2. The molecule has 0 saturated carbocycles. The number of carbonyl (C=O) groups is 2. The molecule has 0 radical (unpaired) electrons. The van der Waals surface area contributed by atoms with E-state index in [1.165, 1.54) is 12.1 Å². The third kappa shape index (κ3) is 1.72. The first-order valence-electron chi connectivity index (χ1n) is 4.52. The van der Waals surface area contributed by atoms with Crippen LogP contribution in [0.4, 0.5) is 5.69 Å². The van der Waals surface area contributed by atoms with Crippen molar-refractivity contribution in [3.63, 3.8) is 0 Å². The first kappa shape index (κ1) is 11.2. The van der Waals surface area contributed by atoms with Crippen LogP contribution in [-0.4, -0.2) is 11.8 Å². The van der Waals surface area contributed by atoms with Crippen molar-refractivity contribution in [2.24, 2.45) is 0 Å². The molecule has 3 nitrogen and oxygen atoms in total. The topological polar surface area (TPSA) is 37.4 Å². The fourth-order valence-corrected chi connectivity index (χ4v) is 1.97. The quantitative estimate of drug-likeness (QED) is 0.724. The third-order valence-electron chi connectivity index (χ3n) is 2.25. The van der Waals surface area contributed by atoms with Crippen LogP contribution in [0.1, 0.15) is 6.92 Å². The second-order valence-electron chi connectivity index (χ2n) is 3.40. The number of amides is 2. The van der Waals surface area contributed by atoms with Gasteiger partial charge in [0, 0.05) is 16.7 Å². The molecule has 0 atom stereocenters. The number of nitrogens with zero attached hydrogens (tertiary/aromatic N) is 1. The van der Waals surface area contributed by atoms with Gasteiger partial charge in [0.15, 0.2) is 0 Å². The molecule has 1 aliphatic rings. The number of anilines is 1. The number of hydrogen-bond acceptors (Lipinski definition) is 2. The number of halogens is 2. The molecule has 82 valence electrons. The zero-order valence-electron chi connectivity index (χ0n) is 8.33. The van der Waals surface area contributed by atoms with Crippen LogP contribution in [0.2, 0.25) is 10.0 Å². The van der Waals surface area contributed by atoms with Gasteiger partial charge < -0.3 is 0 Å². The molecule has 16 heavy (non-hydrogen) atoms. The van der Waals surface area contributed by atoms with E-state index in [9.17, 15) is 9.59 Å². The molecule has 1 heterocycles. The van der Waals surface area contributed by atoms with Gasteiger partial charge >= 0.3 is 0 Å². The predicted molar refractivity (Wildman–Crippen MR) is 62.7 cm³/mol. The molecule has 2 amide bonds. The van der Waals surface area contributed by atoms with Gasteiger partial charge in [-0.05, 0) is 25.1 Å². The SMILES string of the molecule is CC1=CC(=O)N(c2ccc(Cl)cc2Cl)C1=O. The second kappa shape index (κ2) is 3.92. The largest absolute Gasteiger partial charge is 0.269 e. The summed E-state index contributed by atoms with van der Waals surface area (Å²) in [6.45, 7) is 1.59. The fourth-order valence-electron chi connectivity index (χ4n) is 1.48. The molecule has 0 spiro atoms. The molecular weight excluding hydrogens is 249 g/mol. The summed E-state index contributed by atoms with van der Waals surface area (Å²) >= 11 is 11.7. The summed E-state index contributed by atoms with van der Waals surface area (Å²) < 4.78 is 0. The van der Waals surface area contributed by atoms with Crippen molar-refractivity contribution in [1.29, 1.82) is 0 Å². The predicted octanol–water partition coefficient (Wildman–Crippen LogP) is 2.81. The van der Waals surface area contributed by atoms with Crippen molar-refractivity contribution >= 4 is 40.7 Å². The zero-order valence-corrected chi connectivity index (χ0v) is 9.84. The lowest BCUT2D eigenvalue weighted by Crippen LogP contribution is -2.30. The van der Waals surface area contributed by atoms with Crippen LogP contribution >= 0.6 is 23.2 Å². The molecule has 1 aliphatic heterocycles. The molecule has 5 heteroatoms. The lowest BCUT2D eigenvalue weighted by atomic mass is 10.2. The van der Waals surface area contributed by atoms with Crippen LogP contribution < -0.4 is 4.90 Å². The minimum atomic E-state index is -0.383. The Labute approximate surface area is 102 Å². The Hall–Kier alpha value is -1.32. The maximum Gasteiger partial charge on any atom is 0.261 e. The molecule has 0 fully saturated rings. The summed E-state index contributed by atoms with van der Waals surface area (Å²) in [6.07, 6.45) is 1.28. The van der Waals surface area contributed by atoms with E-state index in [4.69, 9.17) is 23.2 Å². The van der Waals surface area contributed by atoms with Crippen LogP contribution in [0.25, 0.3) is 0 Å². The minimum Gasteiger partial charge on any atom is -0.269 e. The molecule has 0 aliphatic carbocycles. The number of rotatable bonds is 1. The first-order valence-corrected chi connectivity index (χ1v) is 5.28. The van der Waals surface area contributed by atoms with E-state index in [0.29, 0.717) is 16.3 Å². The summed E-state index contributed by atoms with van der Waals surface area (Å²) in [4.78, 5) is 24.3. The van der Waals surface area contributed by atoms with Gasteiger partial charge in [-0.15, -0.1) is 0 Å². The van der Waals surface area contributed by atoms with Gasteiger partial charge in [-0.1, -0.05) is 23.2 Å². The second-order valence-corrected chi connectivity index (χ2v) is 4.25. The molecule has 0 bridgehead atoms. The average Bonchev–Trinajstić information content (AvgIpc) is 2.43. The van der Waals surface area contributed by atoms with Crippen LogP contribution in [0.5, 0.6) is 0 Å². The van der Waals surface area contributed by atoms with E-state index in [1.54, 1.807) is 19.1 Å². The molecule has 2 rings (SSSR count). The fraction of sp³-hybridized carbons (Fsp3) is 0.0909. The maximum atomic E-state index is 11.7. The van der Waals surface area contributed by atoms with Crippen LogP contribution in [-0.2, 0) is 9.59 Å². The standard InChI is InChI=1S/C11H7Cl2NO2/c1-6-4-10(15)14(11(6)16)9-3-2-7(12)5-8(9)13/h2-5H,1H3. The lowest BCUT2D eigenvalue weighted by molar-refractivity contribution is -0.120. The minimum absolute atomic E-state index is 0.275. The zero-order chi connectivity index (χ0) is 11.9. The smallest absolute Gasteiger partial charge is 0.261 e. The molecule has 0 aromatic heterocycles. The van der Waals surface area contributed by atoms with E-state index >= 15 is 0 Å². The van der Waals surface area contributed by atoms with Crippen molar-refractivity contribution in [1.82, 2.24) is 0 Å². The summed E-state index contributed by atoms with van der Waals surface area (Å²) in [5.41, 5.74) is 0.755. The number of carbonyl (C=O) groups excluding carboxylic acids is 2. The van der Waals surface area contributed by atoms with Gasteiger partial charge in [-0.25, -0.2) is 4.90 Å². The lowest BCUT2D eigenvalue weighted by Gasteiger charge is -2.15. The third-order valence-corrected chi connectivity index (χ3v) is 2.79. The molecule has 1 aromatic carbocycles. The summed E-state index contributed by atoms with van der Waals surface area (Å²) in [5.74, 6) is -0.735. The van der Waals surface area contributed by atoms with Crippen molar-refractivity contribution in [2.45, 2.75) is 6.92 Å². The number of imide groups is 1. The van der Waals surface area contributed by atoms with Gasteiger partial charge in [0.05, 0.1) is 10.7 Å². The number of benzene rings is 1. The molecule has 0 saturated heterocycles. The highest BCUT2D eigenvalue weighted by Crippen LogP contribution is 2.31. The summed E-state index contributed by atoms with van der Waals surface area (Å²) in [6, 6.07) is 4.62. The number of hydrogen-bond donors (Lipinski definition) is 0. The Balaban J connectivity index is 2.47. The molecule has 0 N–H and O–H groups in total. The summed E-state index contributed by atoms with van der Waals surface area (Å²) in [7, 11) is 0. The van der Waals surface area contributed by atoms with Crippen molar-refractivity contribution in [2.75, 3.05) is 4.90 Å². The van der Waals surface area contributed by atoms with E-state index in [0.717, 1.165) is 4.90 Å². The highest BCUT2D eigenvalue weighted by atomic mass is 35.5. The van der Waals surface area contributed by atoms with E-state index in [1.807, 2.05) is 0 Å². The van der Waals surface area contributed by atoms with Crippen molar-refractivity contribution in [3.05, 3.63) is 39.9 Å². The van der Waals surface area contributed by atoms with Gasteiger partial charge in [0.1, 0.15) is 0 Å². The summed E-state index contributed by atoms with van der Waals surface area (Å²) in [5, 5.41) is 0.731. The van der Waals surface area contributed by atoms with E-state index in [2.05, 4.69) is 0 Å². The first-order chi connectivity index (χ1) is 7.50. The Morgan fingerprint density at radius 1 is 1.19 bits per heavy atom. The van der Waals surface area contributed by atoms with Gasteiger partial charge in [-0.2, -0.15) is 0 Å². The highest BCUT2D eigenvalue weighted by molar-refractivity contribution is 6.39. The Bertz CT molecular complexity index is 523. The molecule has 0 unspecified atom stereocenters. The van der Waals surface area contributed by atoms with E-state index in [-0.39, 0.29) is 16.8 Å². The van der Waals surface area contributed by atoms with Crippen molar-refractivity contribution in [3.8, 4) is 0 Å². The van der Waals surface area contributed by atoms with Gasteiger partial charge in [0.25, 0.3) is 11.8 Å². The normalized spacial score (nSPS) is 15.7. The van der Waals surface area contributed by atoms with Gasteiger partial charge in [-0.3, -0.25) is 9.59 Å².